The first kappa shape index (κ1) is 26.9. The summed E-state index contributed by atoms with van der Waals surface area (Å²) in [6.45, 7) is 6.99. The Morgan fingerprint density at radius 3 is 2.55 bits per heavy atom. The Bertz CT molecular complexity index is 1220. The lowest BCUT2D eigenvalue weighted by Gasteiger charge is -2.30. The van der Waals surface area contributed by atoms with Gasteiger partial charge in [0.1, 0.15) is 30.3 Å². The molecule has 1 aliphatic rings. The third-order valence-electron chi connectivity index (χ3n) is 6.18. The first-order valence-corrected chi connectivity index (χ1v) is 12.8. The number of aromatic nitrogens is 1. The van der Waals surface area contributed by atoms with Crippen LogP contribution in [0.2, 0.25) is 0 Å². The van der Waals surface area contributed by atoms with E-state index in [0.717, 1.165) is 48.5 Å². The largest absolute Gasteiger partial charge is 0.491 e. The second-order valence-electron chi connectivity index (χ2n) is 9.22. The zero-order valence-corrected chi connectivity index (χ0v) is 21.9. The van der Waals surface area contributed by atoms with Crippen molar-refractivity contribution >= 4 is 17.4 Å². The van der Waals surface area contributed by atoms with E-state index >= 15 is 0 Å². The molecule has 4 rings (SSSR count). The van der Waals surface area contributed by atoms with E-state index in [0.29, 0.717) is 24.9 Å². The standard InChI is InChI=1S/C29H35N5O4/c1-20(31-23-12-14-26(15-13-23)37-17-16-36-3)30-21(2)32-24-10-7-11-25(18-24)33-28(35)27-19-38-29(34-27)22-8-5-4-6-9-22/h4-6,8-9,12-15,19,24-25,31H,1,7,10-11,16-18H2,2-3H3,(H,30,32)(H,33,35). The molecule has 9 nitrogen and oxygen atoms in total. The number of benzene rings is 2. The van der Waals surface area contributed by atoms with Gasteiger partial charge in [-0.25, -0.2) is 9.98 Å². The number of rotatable bonds is 11. The first-order chi connectivity index (χ1) is 18.5. The topological polar surface area (TPSA) is 110 Å². The van der Waals surface area contributed by atoms with Crippen LogP contribution in [0.25, 0.3) is 11.5 Å². The lowest BCUT2D eigenvalue weighted by atomic mass is 9.91. The number of anilines is 1. The molecule has 2 aromatic carbocycles. The molecule has 0 bridgehead atoms. The molecule has 0 radical (unpaired) electrons. The first-order valence-electron chi connectivity index (χ1n) is 12.8. The number of carbonyl (C=O) groups is 1. The Morgan fingerprint density at radius 1 is 1.08 bits per heavy atom. The molecule has 2 atom stereocenters. The van der Waals surface area contributed by atoms with Crippen molar-refractivity contribution in [3.8, 4) is 17.2 Å². The fourth-order valence-corrected chi connectivity index (χ4v) is 4.40. The molecular weight excluding hydrogens is 482 g/mol. The molecule has 2 unspecified atom stereocenters. The fourth-order valence-electron chi connectivity index (χ4n) is 4.40. The van der Waals surface area contributed by atoms with Crippen LogP contribution in [0.4, 0.5) is 5.69 Å². The molecule has 0 saturated heterocycles. The van der Waals surface area contributed by atoms with Crippen LogP contribution in [-0.2, 0) is 4.74 Å². The number of oxazole rings is 1. The van der Waals surface area contributed by atoms with E-state index in [1.165, 1.54) is 6.26 Å². The number of carbonyl (C=O) groups excluding carboxylic acids is 1. The summed E-state index contributed by atoms with van der Waals surface area (Å²) >= 11 is 0. The second-order valence-corrected chi connectivity index (χ2v) is 9.22. The molecule has 9 heteroatoms. The summed E-state index contributed by atoms with van der Waals surface area (Å²) in [6, 6.07) is 17.4. The molecule has 3 N–H and O–H groups in total. The molecule has 1 amide bonds. The zero-order chi connectivity index (χ0) is 26.7. The third-order valence-corrected chi connectivity index (χ3v) is 6.18. The van der Waals surface area contributed by atoms with Gasteiger partial charge in [0, 0.05) is 30.4 Å². The van der Waals surface area contributed by atoms with Gasteiger partial charge in [-0.05, 0) is 69.0 Å². The Labute approximate surface area is 223 Å². The number of hydrogen-bond donors (Lipinski definition) is 3. The highest BCUT2D eigenvalue weighted by atomic mass is 16.5. The maximum atomic E-state index is 12.8. The van der Waals surface area contributed by atoms with Gasteiger partial charge < -0.3 is 29.8 Å². The van der Waals surface area contributed by atoms with Crippen LogP contribution < -0.4 is 20.7 Å². The average molecular weight is 518 g/mol. The predicted molar refractivity (Wildman–Crippen MR) is 148 cm³/mol. The average Bonchev–Trinajstić information content (AvgIpc) is 3.41. The van der Waals surface area contributed by atoms with Gasteiger partial charge in [0.2, 0.25) is 5.89 Å². The smallest absolute Gasteiger partial charge is 0.273 e. The summed E-state index contributed by atoms with van der Waals surface area (Å²) in [6.07, 6.45) is 5.14. The van der Waals surface area contributed by atoms with Crippen molar-refractivity contribution in [1.82, 2.24) is 15.6 Å². The van der Waals surface area contributed by atoms with Gasteiger partial charge in [0.05, 0.1) is 6.61 Å². The Hall–Kier alpha value is -4.11. The van der Waals surface area contributed by atoms with Crippen molar-refractivity contribution in [2.24, 2.45) is 4.99 Å². The summed E-state index contributed by atoms with van der Waals surface area (Å²) in [4.78, 5) is 21.7. The quantitative estimate of drug-likeness (QED) is 0.187. The van der Waals surface area contributed by atoms with Gasteiger partial charge >= 0.3 is 0 Å². The highest BCUT2D eigenvalue weighted by Crippen LogP contribution is 2.21. The molecule has 1 aromatic heterocycles. The van der Waals surface area contributed by atoms with Crippen molar-refractivity contribution in [3.05, 3.63) is 79.0 Å². The van der Waals surface area contributed by atoms with Crippen molar-refractivity contribution in [2.75, 3.05) is 25.6 Å². The minimum atomic E-state index is -0.223. The zero-order valence-electron chi connectivity index (χ0n) is 21.9. The van der Waals surface area contributed by atoms with E-state index in [1.54, 1.807) is 7.11 Å². The molecule has 3 aromatic rings. The predicted octanol–water partition coefficient (Wildman–Crippen LogP) is 5.00. The third kappa shape index (κ3) is 7.94. The Morgan fingerprint density at radius 2 is 1.82 bits per heavy atom. The minimum Gasteiger partial charge on any atom is -0.491 e. The van der Waals surface area contributed by atoms with Crippen LogP contribution in [0.3, 0.4) is 0 Å². The van der Waals surface area contributed by atoms with Crippen molar-refractivity contribution in [2.45, 2.75) is 44.7 Å². The fraction of sp³-hybridized carbons (Fsp3) is 0.345. The second kappa shape index (κ2) is 13.4. The number of nitrogens with one attached hydrogen (secondary N) is 3. The molecule has 1 fully saturated rings. The van der Waals surface area contributed by atoms with Gasteiger partial charge in [-0.1, -0.05) is 24.8 Å². The molecule has 200 valence electrons. The van der Waals surface area contributed by atoms with Crippen molar-refractivity contribution < 1.29 is 18.7 Å². The maximum absolute atomic E-state index is 12.8. The lowest BCUT2D eigenvalue weighted by molar-refractivity contribution is 0.0919. The molecular formula is C29H35N5O4. The SMILES string of the molecule is C=C(/N=C(\C)NC1CCCC(NC(=O)c2coc(-c3ccccc3)n2)C1)Nc1ccc(OCCOC)cc1. The van der Waals surface area contributed by atoms with Crippen LogP contribution in [0, 0.1) is 0 Å². The highest BCUT2D eigenvalue weighted by Gasteiger charge is 2.25. The number of aliphatic imine (C=N–C) groups is 1. The number of ether oxygens (including phenoxy) is 2. The summed E-state index contributed by atoms with van der Waals surface area (Å²) in [7, 11) is 1.64. The van der Waals surface area contributed by atoms with Crippen LogP contribution >= 0.6 is 0 Å². The molecule has 1 heterocycles. The van der Waals surface area contributed by atoms with E-state index in [2.05, 4.69) is 32.5 Å². The normalized spacial score (nSPS) is 17.5. The van der Waals surface area contributed by atoms with Crippen LogP contribution in [0.1, 0.15) is 43.1 Å². The van der Waals surface area contributed by atoms with Crippen LogP contribution in [0.5, 0.6) is 5.75 Å². The van der Waals surface area contributed by atoms with Crippen LogP contribution in [-0.4, -0.2) is 49.1 Å². The van der Waals surface area contributed by atoms with E-state index in [9.17, 15) is 4.79 Å². The summed E-state index contributed by atoms with van der Waals surface area (Å²) in [5.74, 6) is 2.29. The van der Waals surface area contributed by atoms with E-state index in [1.807, 2.05) is 61.5 Å². The summed E-state index contributed by atoms with van der Waals surface area (Å²) in [5.41, 5.74) is 1.99. The van der Waals surface area contributed by atoms with Crippen LogP contribution in [0.15, 0.2) is 82.7 Å². The molecule has 1 saturated carbocycles. The number of methoxy groups -OCH3 is 1. The maximum Gasteiger partial charge on any atom is 0.273 e. The van der Waals surface area contributed by atoms with Crippen molar-refractivity contribution in [3.63, 3.8) is 0 Å². The highest BCUT2D eigenvalue weighted by molar-refractivity contribution is 5.92. The minimum absolute atomic E-state index is 0.0457. The molecule has 38 heavy (non-hydrogen) atoms. The summed E-state index contributed by atoms with van der Waals surface area (Å²) < 4.78 is 16.1. The Kier molecular flexibility index (Phi) is 9.53. The number of hydrogen-bond acceptors (Lipinski definition) is 7. The van der Waals surface area contributed by atoms with Gasteiger partial charge in [-0.3, -0.25) is 4.79 Å². The lowest BCUT2D eigenvalue weighted by Crippen LogP contribution is -2.45. The van der Waals surface area contributed by atoms with Gasteiger partial charge in [0.15, 0.2) is 5.69 Å². The van der Waals surface area contributed by atoms with Crippen molar-refractivity contribution in [1.29, 1.82) is 0 Å². The summed E-state index contributed by atoms with van der Waals surface area (Å²) in [5, 5.41) is 9.78. The molecule has 0 spiro atoms. The van der Waals surface area contributed by atoms with E-state index in [-0.39, 0.29) is 23.7 Å². The van der Waals surface area contributed by atoms with Gasteiger partial charge in [-0.2, -0.15) is 0 Å². The van der Waals surface area contributed by atoms with Gasteiger partial charge in [0.25, 0.3) is 5.91 Å². The number of amidine groups is 1. The molecule has 1 aliphatic carbocycles. The van der Waals surface area contributed by atoms with Gasteiger partial charge in [-0.15, -0.1) is 0 Å². The number of amides is 1. The van der Waals surface area contributed by atoms with E-state index < -0.39 is 0 Å². The van der Waals surface area contributed by atoms with E-state index in [4.69, 9.17) is 13.9 Å². The number of nitrogens with zero attached hydrogens (tertiary/aromatic N) is 2. The molecule has 0 aliphatic heterocycles. The monoisotopic (exact) mass is 517 g/mol. The Balaban J connectivity index is 1.24.